The molecule has 10 nitrogen and oxygen atoms in total. The molecule has 1 rings (SSSR count). The van der Waals surface area contributed by atoms with Gasteiger partial charge < -0.3 is 31.2 Å². The molecule has 0 aliphatic carbocycles. The largest absolute Gasteiger partial charge is 0.444 e. The zero-order valence-electron chi connectivity index (χ0n) is 23.1. The predicted molar refractivity (Wildman–Crippen MR) is 141 cm³/mol. The first kappa shape index (κ1) is 31.9. The highest BCUT2D eigenvalue weighted by molar-refractivity contribution is 5.93. The Morgan fingerprint density at radius 2 is 1.54 bits per heavy atom. The van der Waals surface area contributed by atoms with Gasteiger partial charge in [-0.05, 0) is 44.6 Å². The van der Waals surface area contributed by atoms with Gasteiger partial charge in [0.15, 0.2) is 0 Å². The minimum absolute atomic E-state index is 0.124. The van der Waals surface area contributed by atoms with E-state index in [1.165, 1.54) is 0 Å². The molecule has 0 heterocycles. The van der Waals surface area contributed by atoms with Crippen LogP contribution in [0.5, 0.6) is 0 Å². The van der Waals surface area contributed by atoms with E-state index in [2.05, 4.69) is 16.0 Å². The van der Waals surface area contributed by atoms with Gasteiger partial charge in [-0.25, -0.2) is 4.79 Å². The number of nitrogens with two attached hydrogens (primary N) is 1. The molecule has 0 saturated heterocycles. The number of rotatable bonds is 14. The molecule has 0 aromatic heterocycles. The van der Waals surface area contributed by atoms with Crippen molar-refractivity contribution in [1.29, 1.82) is 0 Å². The minimum Gasteiger partial charge on any atom is -0.444 e. The molecule has 208 valence electrons. The van der Waals surface area contributed by atoms with Gasteiger partial charge in [-0.3, -0.25) is 14.4 Å². The van der Waals surface area contributed by atoms with Gasteiger partial charge in [0.25, 0.3) is 0 Å². The zero-order valence-corrected chi connectivity index (χ0v) is 23.1. The van der Waals surface area contributed by atoms with Crippen LogP contribution in [0.4, 0.5) is 4.79 Å². The Hall–Kier alpha value is -3.14. The van der Waals surface area contributed by atoms with Gasteiger partial charge in [-0.1, -0.05) is 64.4 Å². The predicted octanol–water partition coefficient (Wildman–Crippen LogP) is 2.64. The fourth-order valence-electron chi connectivity index (χ4n) is 3.44. The van der Waals surface area contributed by atoms with E-state index in [0.717, 1.165) is 5.56 Å². The van der Waals surface area contributed by atoms with Crippen LogP contribution in [-0.2, 0) is 30.5 Å². The number of carbonyl (C=O) groups excluding carboxylic acids is 4. The van der Waals surface area contributed by atoms with Crippen LogP contribution in [0.3, 0.4) is 0 Å². The molecule has 0 bridgehead atoms. The van der Waals surface area contributed by atoms with Crippen LogP contribution in [0.1, 0.15) is 66.9 Å². The quantitative estimate of drug-likeness (QED) is 0.296. The first-order valence-electron chi connectivity index (χ1n) is 12.7. The summed E-state index contributed by atoms with van der Waals surface area (Å²) in [6.45, 7) is 12.7. The number of alkyl carbamates (subject to hydrolysis) is 1. The molecular weight excluding hydrogens is 476 g/mol. The molecule has 4 unspecified atom stereocenters. The molecule has 4 amide bonds. The van der Waals surface area contributed by atoms with E-state index in [-0.39, 0.29) is 25.0 Å². The van der Waals surface area contributed by atoms with E-state index >= 15 is 0 Å². The average molecular weight is 521 g/mol. The topological polar surface area (TPSA) is 149 Å². The second kappa shape index (κ2) is 15.2. The molecule has 0 saturated carbocycles. The first-order valence-corrected chi connectivity index (χ1v) is 12.7. The molecule has 0 spiro atoms. The number of nitrogens with one attached hydrogen (secondary N) is 3. The maximum atomic E-state index is 13.3. The number of ether oxygens (including phenoxy) is 2. The van der Waals surface area contributed by atoms with Gasteiger partial charge in [-0.2, -0.15) is 0 Å². The molecule has 5 N–H and O–H groups in total. The molecule has 0 aliphatic heterocycles. The zero-order chi connectivity index (χ0) is 28.2. The van der Waals surface area contributed by atoms with Crippen molar-refractivity contribution in [2.45, 2.75) is 91.6 Å². The Balaban J connectivity index is 3.02. The first-order chi connectivity index (χ1) is 17.2. The van der Waals surface area contributed by atoms with Crippen LogP contribution in [0.2, 0.25) is 0 Å². The summed E-state index contributed by atoms with van der Waals surface area (Å²) in [6.07, 6.45) is 0.169. The minimum atomic E-state index is -1.12. The van der Waals surface area contributed by atoms with Gasteiger partial charge in [0.05, 0.1) is 13.2 Å². The second-order valence-electron chi connectivity index (χ2n) is 10.7. The summed E-state index contributed by atoms with van der Waals surface area (Å²) in [5.74, 6) is -1.91. The number of hydrogen-bond donors (Lipinski definition) is 4. The Morgan fingerprint density at radius 1 is 0.919 bits per heavy atom. The van der Waals surface area contributed by atoms with Crippen LogP contribution in [0.15, 0.2) is 30.3 Å². The molecule has 0 aliphatic rings. The van der Waals surface area contributed by atoms with E-state index in [9.17, 15) is 19.2 Å². The maximum Gasteiger partial charge on any atom is 0.408 e. The van der Waals surface area contributed by atoms with Crippen molar-refractivity contribution in [1.82, 2.24) is 16.0 Å². The molecule has 37 heavy (non-hydrogen) atoms. The maximum absolute atomic E-state index is 13.3. The number of hydrogen-bond acceptors (Lipinski definition) is 6. The SMILES string of the molecule is CCC(C)C(NC(=O)C(COCc1ccccc1)NC(=O)OC(C)(C)C)C(=O)NC(CC(C)C)C(N)=O. The van der Waals surface area contributed by atoms with Gasteiger partial charge in [0, 0.05) is 0 Å². The van der Waals surface area contributed by atoms with Crippen molar-refractivity contribution in [3.05, 3.63) is 35.9 Å². The monoisotopic (exact) mass is 520 g/mol. The summed E-state index contributed by atoms with van der Waals surface area (Å²) < 4.78 is 11.0. The molecule has 0 fully saturated rings. The fraction of sp³-hybridized carbons (Fsp3) is 0.630. The summed E-state index contributed by atoms with van der Waals surface area (Å²) in [4.78, 5) is 50.7. The third kappa shape index (κ3) is 12.6. The summed E-state index contributed by atoms with van der Waals surface area (Å²) >= 11 is 0. The third-order valence-corrected chi connectivity index (χ3v) is 5.56. The average Bonchev–Trinajstić information content (AvgIpc) is 2.79. The van der Waals surface area contributed by atoms with Gasteiger partial charge in [-0.15, -0.1) is 0 Å². The second-order valence-corrected chi connectivity index (χ2v) is 10.7. The van der Waals surface area contributed by atoms with Crippen molar-refractivity contribution < 1.29 is 28.7 Å². The van der Waals surface area contributed by atoms with E-state index in [4.69, 9.17) is 15.2 Å². The highest BCUT2D eigenvalue weighted by Crippen LogP contribution is 2.12. The Kier molecular flexibility index (Phi) is 13.1. The third-order valence-electron chi connectivity index (χ3n) is 5.56. The van der Waals surface area contributed by atoms with Crippen molar-refractivity contribution in [3.8, 4) is 0 Å². The molecular formula is C27H44N4O6. The summed E-state index contributed by atoms with van der Waals surface area (Å²) in [5.41, 5.74) is 5.61. The lowest BCUT2D eigenvalue weighted by molar-refractivity contribution is -0.134. The fourth-order valence-corrected chi connectivity index (χ4v) is 3.44. The van der Waals surface area contributed by atoms with Crippen LogP contribution < -0.4 is 21.7 Å². The summed E-state index contributed by atoms with van der Waals surface area (Å²) in [7, 11) is 0. The lowest BCUT2D eigenvalue weighted by Gasteiger charge is -2.28. The highest BCUT2D eigenvalue weighted by Gasteiger charge is 2.32. The summed E-state index contributed by atoms with van der Waals surface area (Å²) in [5, 5.41) is 7.94. The highest BCUT2D eigenvalue weighted by atomic mass is 16.6. The smallest absolute Gasteiger partial charge is 0.408 e. The molecule has 1 aromatic carbocycles. The molecule has 4 atom stereocenters. The van der Waals surface area contributed by atoms with Crippen LogP contribution in [0, 0.1) is 11.8 Å². The summed E-state index contributed by atoms with van der Waals surface area (Å²) in [6, 6.07) is 6.45. The van der Waals surface area contributed by atoms with Crippen molar-refractivity contribution >= 4 is 23.8 Å². The van der Waals surface area contributed by atoms with E-state index < -0.39 is 47.5 Å². The Morgan fingerprint density at radius 3 is 2.05 bits per heavy atom. The number of primary amides is 1. The number of benzene rings is 1. The van der Waals surface area contributed by atoms with E-state index in [0.29, 0.717) is 12.8 Å². The van der Waals surface area contributed by atoms with Crippen LogP contribution >= 0.6 is 0 Å². The van der Waals surface area contributed by atoms with Gasteiger partial charge >= 0.3 is 6.09 Å². The van der Waals surface area contributed by atoms with Crippen LogP contribution in [0.25, 0.3) is 0 Å². The van der Waals surface area contributed by atoms with Crippen LogP contribution in [-0.4, -0.2) is 54.1 Å². The van der Waals surface area contributed by atoms with E-state index in [1.54, 1.807) is 20.8 Å². The normalized spacial score (nSPS) is 14.7. The number of carbonyl (C=O) groups is 4. The Labute approximate surface area is 220 Å². The van der Waals surface area contributed by atoms with Crippen molar-refractivity contribution in [2.75, 3.05) is 6.61 Å². The van der Waals surface area contributed by atoms with Gasteiger partial charge in [0.2, 0.25) is 17.7 Å². The van der Waals surface area contributed by atoms with Crippen molar-refractivity contribution in [3.63, 3.8) is 0 Å². The standard InChI is InChI=1S/C27H44N4O6/c1-8-18(4)22(25(34)29-20(23(28)32)14-17(2)3)31-24(33)21(30-26(35)37-27(5,6)7)16-36-15-19-12-10-9-11-13-19/h9-13,17-18,20-22H,8,14-16H2,1-7H3,(H2,28,32)(H,29,34)(H,30,35)(H,31,33). The lowest BCUT2D eigenvalue weighted by Crippen LogP contribution is -2.59. The molecule has 0 radical (unpaired) electrons. The Bertz CT molecular complexity index is 885. The lowest BCUT2D eigenvalue weighted by atomic mass is 9.96. The van der Waals surface area contributed by atoms with Gasteiger partial charge in [0.1, 0.15) is 23.7 Å². The van der Waals surface area contributed by atoms with E-state index in [1.807, 2.05) is 58.0 Å². The molecule has 10 heteroatoms. The number of amides is 4. The molecule has 1 aromatic rings. The van der Waals surface area contributed by atoms with Crippen molar-refractivity contribution in [2.24, 2.45) is 17.6 Å².